The number of ether oxygens (including phenoxy) is 1. The molecule has 4 rings (SSSR count). The summed E-state index contributed by atoms with van der Waals surface area (Å²) in [4.78, 5) is 2.44. The van der Waals surface area contributed by atoms with Crippen LogP contribution in [0, 0.1) is 0 Å². The third kappa shape index (κ3) is 3.54. The molecule has 2 aromatic carbocycles. The zero-order valence-corrected chi connectivity index (χ0v) is 14.9. The smallest absolute Gasteiger partial charge is 0.246 e. The van der Waals surface area contributed by atoms with E-state index in [4.69, 9.17) is 9.15 Å². The van der Waals surface area contributed by atoms with Gasteiger partial charge in [-0.25, -0.2) is 0 Å². The molecule has 0 saturated carbocycles. The predicted molar refractivity (Wildman–Crippen MR) is 98.7 cm³/mol. The maximum absolute atomic E-state index is 5.94. The van der Waals surface area contributed by atoms with Crippen LogP contribution in [0.25, 0.3) is 0 Å². The van der Waals surface area contributed by atoms with E-state index in [1.807, 2.05) is 6.92 Å². The van der Waals surface area contributed by atoms with E-state index in [2.05, 4.69) is 75.8 Å². The van der Waals surface area contributed by atoms with Gasteiger partial charge in [-0.05, 0) is 11.1 Å². The van der Waals surface area contributed by atoms with Gasteiger partial charge < -0.3 is 9.15 Å². The fourth-order valence-corrected chi connectivity index (χ4v) is 3.48. The molecule has 5 nitrogen and oxygen atoms in total. The summed E-state index contributed by atoms with van der Waals surface area (Å²) >= 11 is 0. The quantitative estimate of drug-likeness (QED) is 0.701. The molecule has 1 aromatic heterocycles. The van der Waals surface area contributed by atoms with Crippen molar-refractivity contribution in [3.63, 3.8) is 0 Å². The first-order valence-electron chi connectivity index (χ1n) is 9.13. The summed E-state index contributed by atoms with van der Waals surface area (Å²) in [5.41, 5.74) is 2.55. The highest BCUT2D eigenvalue weighted by molar-refractivity contribution is 5.32. The van der Waals surface area contributed by atoms with Crippen LogP contribution in [-0.4, -0.2) is 34.8 Å². The Balaban J connectivity index is 1.63. The Bertz CT molecular complexity index is 780. The van der Waals surface area contributed by atoms with E-state index < -0.39 is 0 Å². The minimum atomic E-state index is -0.188. The normalized spacial score (nSPS) is 18.3. The summed E-state index contributed by atoms with van der Waals surface area (Å²) in [5.74, 6) is 1.23. The van der Waals surface area contributed by atoms with Crippen molar-refractivity contribution in [1.82, 2.24) is 15.1 Å². The Kier molecular flexibility index (Phi) is 5.09. The van der Waals surface area contributed by atoms with Gasteiger partial charge in [0.05, 0.1) is 12.6 Å². The first-order chi connectivity index (χ1) is 12.8. The second-order valence-corrected chi connectivity index (χ2v) is 6.47. The second kappa shape index (κ2) is 7.81. The Hall–Kier alpha value is -2.50. The van der Waals surface area contributed by atoms with Gasteiger partial charge in [-0.15, -0.1) is 10.2 Å². The fourth-order valence-electron chi connectivity index (χ4n) is 3.48. The SMILES string of the molecule is CCc1nnc(C2CN(C(c3ccccc3)c3ccccc3)CCO2)o1. The van der Waals surface area contributed by atoms with Crippen molar-refractivity contribution in [3.8, 4) is 0 Å². The number of hydrogen-bond acceptors (Lipinski definition) is 5. The molecule has 1 aliphatic rings. The maximum atomic E-state index is 5.94. The van der Waals surface area contributed by atoms with Crippen LogP contribution in [-0.2, 0) is 11.2 Å². The van der Waals surface area contributed by atoms with Crippen LogP contribution in [0.15, 0.2) is 65.1 Å². The lowest BCUT2D eigenvalue weighted by atomic mass is 9.96. The number of benzene rings is 2. The topological polar surface area (TPSA) is 51.4 Å². The molecule has 0 bridgehead atoms. The van der Waals surface area contributed by atoms with Crippen molar-refractivity contribution in [2.75, 3.05) is 19.7 Å². The number of nitrogens with zero attached hydrogens (tertiary/aromatic N) is 3. The number of aryl methyl sites for hydroxylation is 1. The van der Waals surface area contributed by atoms with Crippen LogP contribution >= 0.6 is 0 Å². The Morgan fingerprint density at radius 2 is 1.65 bits per heavy atom. The largest absolute Gasteiger partial charge is 0.422 e. The van der Waals surface area contributed by atoms with Crippen LogP contribution in [0.3, 0.4) is 0 Å². The molecular formula is C21H23N3O2. The number of morpholine rings is 1. The summed E-state index contributed by atoms with van der Waals surface area (Å²) in [7, 11) is 0. The summed E-state index contributed by atoms with van der Waals surface area (Å²) in [6.45, 7) is 4.23. The lowest BCUT2D eigenvalue weighted by molar-refractivity contribution is -0.0524. The first kappa shape index (κ1) is 16.9. The molecule has 0 amide bonds. The van der Waals surface area contributed by atoms with E-state index in [9.17, 15) is 0 Å². The van der Waals surface area contributed by atoms with E-state index >= 15 is 0 Å². The molecule has 2 heterocycles. The lowest BCUT2D eigenvalue weighted by Crippen LogP contribution is -2.41. The fraction of sp³-hybridized carbons (Fsp3) is 0.333. The molecule has 1 aliphatic heterocycles. The molecule has 1 fully saturated rings. The Labute approximate surface area is 153 Å². The molecule has 1 unspecified atom stereocenters. The Morgan fingerprint density at radius 1 is 1.00 bits per heavy atom. The van der Waals surface area contributed by atoms with E-state index in [0.717, 1.165) is 19.5 Å². The molecule has 134 valence electrons. The highest BCUT2D eigenvalue weighted by Crippen LogP contribution is 2.33. The van der Waals surface area contributed by atoms with Gasteiger partial charge in [0.1, 0.15) is 6.10 Å². The highest BCUT2D eigenvalue weighted by Gasteiger charge is 2.31. The van der Waals surface area contributed by atoms with Crippen molar-refractivity contribution >= 4 is 0 Å². The van der Waals surface area contributed by atoms with Gasteiger partial charge in [0.2, 0.25) is 11.8 Å². The maximum Gasteiger partial charge on any atom is 0.246 e. The predicted octanol–water partition coefficient (Wildman–Crippen LogP) is 3.79. The summed E-state index contributed by atoms with van der Waals surface area (Å²) in [6.07, 6.45) is 0.548. The van der Waals surface area contributed by atoms with Crippen LogP contribution in [0.2, 0.25) is 0 Å². The third-order valence-electron chi connectivity index (χ3n) is 4.75. The van der Waals surface area contributed by atoms with E-state index in [0.29, 0.717) is 18.4 Å². The second-order valence-electron chi connectivity index (χ2n) is 6.47. The summed E-state index contributed by atoms with van der Waals surface area (Å²) in [6, 6.07) is 21.4. The van der Waals surface area contributed by atoms with Crippen molar-refractivity contribution in [3.05, 3.63) is 83.6 Å². The zero-order valence-electron chi connectivity index (χ0n) is 14.9. The van der Waals surface area contributed by atoms with Gasteiger partial charge in [0.25, 0.3) is 0 Å². The number of hydrogen-bond donors (Lipinski definition) is 0. The minimum Gasteiger partial charge on any atom is -0.422 e. The summed E-state index contributed by atoms with van der Waals surface area (Å²) in [5, 5.41) is 8.26. The van der Waals surface area contributed by atoms with Crippen LogP contribution in [0.1, 0.15) is 42.0 Å². The first-order valence-corrected chi connectivity index (χ1v) is 9.13. The number of aromatic nitrogens is 2. The highest BCUT2D eigenvalue weighted by atomic mass is 16.5. The molecule has 5 heteroatoms. The lowest BCUT2D eigenvalue weighted by Gasteiger charge is -2.37. The van der Waals surface area contributed by atoms with E-state index in [1.165, 1.54) is 11.1 Å². The molecule has 0 N–H and O–H groups in total. The summed E-state index contributed by atoms with van der Waals surface area (Å²) < 4.78 is 11.7. The van der Waals surface area contributed by atoms with Crippen molar-refractivity contribution in [2.24, 2.45) is 0 Å². The van der Waals surface area contributed by atoms with Gasteiger partial charge in [0, 0.05) is 19.5 Å². The van der Waals surface area contributed by atoms with Gasteiger partial charge in [-0.3, -0.25) is 4.90 Å². The van der Waals surface area contributed by atoms with E-state index in [-0.39, 0.29) is 12.1 Å². The monoisotopic (exact) mass is 349 g/mol. The van der Waals surface area contributed by atoms with Gasteiger partial charge >= 0.3 is 0 Å². The van der Waals surface area contributed by atoms with Crippen molar-refractivity contribution in [1.29, 1.82) is 0 Å². The van der Waals surface area contributed by atoms with Crippen molar-refractivity contribution < 1.29 is 9.15 Å². The standard InChI is InChI=1S/C21H23N3O2/c1-2-19-22-23-21(26-19)18-15-24(13-14-25-18)20(16-9-5-3-6-10-16)17-11-7-4-8-12-17/h3-12,18,20H,2,13-15H2,1H3. The molecule has 26 heavy (non-hydrogen) atoms. The molecule has 0 spiro atoms. The average Bonchev–Trinajstić information content (AvgIpc) is 3.20. The molecule has 0 aliphatic carbocycles. The van der Waals surface area contributed by atoms with Crippen LogP contribution in [0.4, 0.5) is 0 Å². The van der Waals surface area contributed by atoms with Gasteiger partial charge in [-0.1, -0.05) is 67.6 Å². The zero-order chi connectivity index (χ0) is 17.8. The van der Waals surface area contributed by atoms with Gasteiger partial charge in [-0.2, -0.15) is 0 Å². The molecule has 1 saturated heterocycles. The average molecular weight is 349 g/mol. The van der Waals surface area contributed by atoms with Crippen LogP contribution in [0.5, 0.6) is 0 Å². The van der Waals surface area contributed by atoms with Crippen LogP contribution < -0.4 is 0 Å². The number of rotatable bonds is 5. The molecule has 0 radical (unpaired) electrons. The Morgan fingerprint density at radius 3 is 2.23 bits per heavy atom. The van der Waals surface area contributed by atoms with Gasteiger partial charge in [0.15, 0.2) is 0 Å². The molecule has 1 atom stereocenters. The third-order valence-corrected chi connectivity index (χ3v) is 4.75. The molecule has 3 aromatic rings. The molecular weight excluding hydrogens is 326 g/mol. The van der Waals surface area contributed by atoms with Crippen molar-refractivity contribution in [2.45, 2.75) is 25.5 Å². The minimum absolute atomic E-state index is 0.178. The van der Waals surface area contributed by atoms with E-state index in [1.54, 1.807) is 0 Å².